The molecule has 146 valence electrons. The molecular formula is C24H39NO. The standard InChI is InChI=1S/C23H36.CH3NO/c1-6-13-23(7-2)18(3)14-22(19-11-9-8-10-12-19)16-20(23)15-21(4,5)17-22;2-1-3/h8-12,18,20H,6-7,13-17H2,1-5H3;1H,(H2,2,3). The van der Waals surface area contributed by atoms with Crippen molar-refractivity contribution in [3.05, 3.63) is 35.9 Å². The van der Waals surface area contributed by atoms with Gasteiger partial charge in [-0.1, -0.05) is 71.4 Å². The fraction of sp³-hybridized carbons (Fsp3) is 0.708. The van der Waals surface area contributed by atoms with E-state index >= 15 is 0 Å². The van der Waals surface area contributed by atoms with Gasteiger partial charge in [-0.15, -0.1) is 0 Å². The summed E-state index contributed by atoms with van der Waals surface area (Å²) in [5, 5.41) is 0. The number of rotatable bonds is 4. The Morgan fingerprint density at radius 3 is 2.27 bits per heavy atom. The van der Waals surface area contributed by atoms with Crippen LogP contribution in [0.4, 0.5) is 0 Å². The topological polar surface area (TPSA) is 43.1 Å². The van der Waals surface area contributed by atoms with Crippen LogP contribution in [0.1, 0.15) is 85.1 Å². The van der Waals surface area contributed by atoms with Crippen molar-refractivity contribution in [2.45, 2.75) is 85.0 Å². The maximum absolute atomic E-state index is 8.58. The second-order valence-electron chi connectivity index (χ2n) is 9.67. The van der Waals surface area contributed by atoms with Crippen LogP contribution in [-0.4, -0.2) is 6.41 Å². The molecule has 0 radical (unpaired) electrons. The minimum absolute atomic E-state index is 0.250. The number of carbonyl (C=O) groups excluding carboxylic acids is 1. The number of primary amides is 1. The Morgan fingerprint density at radius 1 is 1.12 bits per heavy atom. The third kappa shape index (κ3) is 3.85. The van der Waals surface area contributed by atoms with Gasteiger partial charge in [0.15, 0.2) is 0 Å². The molecule has 1 amide bonds. The number of hydrogen-bond donors (Lipinski definition) is 1. The van der Waals surface area contributed by atoms with E-state index in [-0.39, 0.29) is 6.41 Å². The van der Waals surface area contributed by atoms with Crippen LogP contribution in [0.5, 0.6) is 0 Å². The van der Waals surface area contributed by atoms with Gasteiger partial charge in [-0.3, -0.25) is 4.79 Å². The van der Waals surface area contributed by atoms with E-state index in [1.54, 1.807) is 5.56 Å². The third-order valence-corrected chi connectivity index (χ3v) is 7.50. The van der Waals surface area contributed by atoms with Gasteiger partial charge in [-0.05, 0) is 72.2 Å². The van der Waals surface area contributed by atoms with Crippen molar-refractivity contribution in [1.82, 2.24) is 0 Å². The van der Waals surface area contributed by atoms with Gasteiger partial charge in [0.1, 0.15) is 0 Å². The summed E-state index contributed by atoms with van der Waals surface area (Å²) in [7, 11) is 0. The van der Waals surface area contributed by atoms with Crippen LogP contribution in [0.15, 0.2) is 30.3 Å². The molecule has 4 unspecified atom stereocenters. The van der Waals surface area contributed by atoms with Crippen molar-refractivity contribution >= 4 is 6.41 Å². The first-order chi connectivity index (χ1) is 12.3. The number of fused-ring (bicyclic) bond motifs is 2. The maximum Gasteiger partial charge on any atom is 0.204 e. The number of hydrogen-bond acceptors (Lipinski definition) is 1. The molecule has 4 atom stereocenters. The molecule has 2 aliphatic rings. The van der Waals surface area contributed by atoms with Crippen LogP contribution >= 0.6 is 0 Å². The highest BCUT2D eigenvalue weighted by Gasteiger charge is 2.57. The Kier molecular flexibility index (Phi) is 6.58. The summed E-state index contributed by atoms with van der Waals surface area (Å²) in [6.07, 6.45) is 10.0. The molecule has 3 rings (SSSR count). The summed E-state index contributed by atoms with van der Waals surface area (Å²) in [6, 6.07) is 11.5. The lowest BCUT2D eigenvalue weighted by Crippen LogP contribution is -2.54. The van der Waals surface area contributed by atoms with Gasteiger partial charge in [-0.25, -0.2) is 0 Å². The summed E-state index contributed by atoms with van der Waals surface area (Å²) >= 11 is 0. The Balaban J connectivity index is 0.000000758. The molecule has 2 fully saturated rings. The van der Waals surface area contributed by atoms with Crippen molar-refractivity contribution < 1.29 is 4.79 Å². The smallest absolute Gasteiger partial charge is 0.204 e. The molecule has 0 heterocycles. The maximum atomic E-state index is 8.58. The first kappa shape index (κ1) is 21.0. The predicted octanol–water partition coefficient (Wildman–Crippen LogP) is 6.09. The van der Waals surface area contributed by atoms with E-state index in [9.17, 15) is 0 Å². The lowest BCUT2D eigenvalue weighted by molar-refractivity contribution is -0.106. The molecule has 0 spiro atoms. The van der Waals surface area contributed by atoms with Gasteiger partial charge in [-0.2, -0.15) is 0 Å². The molecule has 2 aliphatic carbocycles. The second-order valence-corrected chi connectivity index (χ2v) is 9.67. The fourth-order valence-corrected chi connectivity index (χ4v) is 6.88. The summed E-state index contributed by atoms with van der Waals surface area (Å²) < 4.78 is 0. The molecule has 2 nitrogen and oxygen atoms in total. The highest BCUT2D eigenvalue weighted by Crippen LogP contribution is 2.65. The van der Waals surface area contributed by atoms with Gasteiger partial charge < -0.3 is 5.73 Å². The van der Waals surface area contributed by atoms with Crippen LogP contribution in [-0.2, 0) is 10.2 Å². The summed E-state index contributed by atoms with van der Waals surface area (Å²) in [4.78, 5) is 8.58. The Labute approximate surface area is 160 Å². The molecule has 1 aromatic carbocycles. The van der Waals surface area contributed by atoms with E-state index in [0.29, 0.717) is 16.2 Å². The molecule has 1 aromatic rings. The minimum atomic E-state index is 0.250. The monoisotopic (exact) mass is 357 g/mol. The lowest BCUT2D eigenvalue weighted by atomic mass is 9.42. The molecule has 0 saturated heterocycles. The van der Waals surface area contributed by atoms with Gasteiger partial charge in [0.25, 0.3) is 0 Å². The first-order valence-corrected chi connectivity index (χ1v) is 10.5. The van der Waals surface area contributed by atoms with Gasteiger partial charge in [0, 0.05) is 0 Å². The Morgan fingerprint density at radius 2 is 1.73 bits per heavy atom. The number of carbonyl (C=O) groups is 1. The number of nitrogens with two attached hydrogens (primary N) is 1. The molecule has 26 heavy (non-hydrogen) atoms. The second kappa shape index (κ2) is 8.15. The minimum Gasteiger partial charge on any atom is -0.372 e. The van der Waals surface area contributed by atoms with E-state index in [0.717, 1.165) is 11.8 Å². The van der Waals surface area contributed by atoms with Gasteiger partial charge in [0.05, 0.1) is 0 Å². The zero-order valence-electron chi connectivity index (χ0n) is 17.6. The van der Waals surface area contributed by atoms with Gasteiger partial charge >= 0.3 is 0 Å². The van der Waals surface area contributed by atoms with Crippen molar-refractivity contribution in [2.24, 2.45) is 28.4 Å². The molecule has 0 aliphatic heterocycles. The van der Waals surface area contributed by atoms with Crippen LogP contribution < -0.4 is 5.73 Å². The van der Waals surface area contributed by atoms with Crippen LogP contribution in [0.25, 0.3) is 0 Å². The number of amides is 1. The zero-order valence-corrected chi connectivity index (χ0v) is 17.6. The average molecular weight is 358 g/mol. The SMILES string of the molecule is CCCC1(CC)C(C)CC2(c3ccccc3)CC1CC(C)(C)C2.NC=O. The van der Waals surface area contributed by atoms with Crippen molar-refractivity contribution in [3.8, 4) is 0 Å². The van der Waals surface area contributed by atoms with Gasteiger partial charge in [0.2, 0.25) is 6.41 Å². The van der Waals surface area contributed by atoms with Crippen molar-refractivity contribution in [1.29, 1.82) is 0 Å². The average Bonchev–Trinajstić information content (AvgIpc) is 2.59. The summed E-state index contributed by atoms with van der Waals surface area (Å²) in [6.45, 7) is 12.5. The Bertz CT molecular complexity index is 577. The van der Waals surface area contributed by atoms with Crippen LogP contribution in [0.3, 0.4) is 0 Å². The quantitative estimate of drug-likeness (QED) is 0.651. The first-order valence-electron chi connectivity index (χ1n) is 10.5. The zero-order chi connectivity index (χ0) is 19.4. The van der Waals surface area contributed by atoms with E-state index in [1.165, 1.54) is 44.9 Å². The third-order valence-electron chi connectivity index (χ3n) is 7.50. The van der Waals surface area contributed by atoms with E-state index in [1.807, 2.05) is 0 Å². The summed E-state index contributed by atoms with van der Waals surface area (Å²) in [5.74, 6) is 1.75. The fourth-order valence-electron chi connectivity index (χ4n) is 6.88. The highest BCUT2D eigenvalue weighted by atomic mass is 16.1. The number of benzene rings is 1. The Hall–Kier alpha value is -1.31. The summed E-state index contributed by atoms with van der Waals surface area (Å²) in [5.41, 5.74) is 7.28. The normalized spacial score (nSPS) is 35.1. The molecule has 2 saturated carbocycles. The molecule has 2 heteroatoms. The molecular weight excluding hydrogens is 318 g/mol. The van der Waals surface area contributed by atoms with Crippen LogP contribution in [0.2, 0.25) is 0 Å². The van der Waals surface area contributed by atoms with E-state index in [4.69, 9.17) is 4.79 Å². The molecule has 2 bridgehead atoms. The molecule has 0 aromatic heterocycles. The van der Waals surface area contributed by atoms with E-state index in [2.05, 4.69) is 70.7 Å². The molecule has 2 N–H and O–H groups in total. The lowest BCUT2D eigenvalue weighted by Gasteiger charge is -2.62. The van der Waals surface area contributed by atoms with E-state index < -0.39 is 0 Å². The van der Waals surface area contributed by atoms with Crippen molar-refractivity contribution in [2.75, 3.05) is 0 Å². The van der Waals surface area contributed by atoms with Crippen LogP contribution in [0, 0.1) is 22.7 Å². The largest absolute Gasteiger partial charge is 0.372 e. The van der Waals surface area contributed by atoms with Crippen molar-refractivity contribution in [3.63, 3.8) is 0 Å². The highest BCUT2D eigenvalue weighted by molar-refractivity contribution is 5.42. The predicted molar refractivity (Wildman–Crippen MR) is 111 cm³/mol.